The lowest BCUT2D eigenvalue weighted by Crippen LogP contribution is -2.44. The Morgan fingerprint density at radius 1 is 1.11 bits per heavy atom. The van der Waals surface area contributed by atoms with Gasteiger partial charge in [-0.3, -0.25) is 9.69 Å². The minimum Gasteiger partial charge on any atom is -0.489 e. The number of hydrogen-bond acceptors (Lipinski definition) is 6. The number of hydrogen-bond donors (Lipinski definition) is 0. The van der Waals surface area contributed by atoms with Crippen molar-refractivity contribution in [1.29, 1.82) is 0 Å². The lowest BCUT2D eigenvalue weighted by molar-refractivity contribution is -0.222. The van der Waals surface area contributed by atoms with E-state index in [1.165, 1.54) is 27.4 Å². The zero-order valence-electron chi connectivity index (χ0n) is 20.0. The third-order valence-electron chi connectivity index (χ3n) is 6.79. The van der Waals surface area contributed by atoms with Crippen molar-refractivity contribution in [3.8, 4) is 18.1 Å². The van der Waals surface area contributed by atoms with Gasteiger partial charge in [0, 0.05) is 18.2 Å². The standard InChI is InChI=1S/C26H26F2N2O6S/c1-2-11-29-23-9-8-20(16-21(23)26(25(29)31)35-13-3-4-14-36-26)37(32,33)30-12-5-6-19(30)17-34-24-10-7-18(27)15-22(24)28/h1,7-10,15-16,19H,3-6,11-14,17H2/t19-/m0/s1. The molecular formula is C26H26F2N2O6S. The third-order valence-corrected chi connectivity index (χ3v) is 8.74. The van der Waals surface area contributed by atoms with E-state index < -0.39 is 39.4 Å². The lowest BCUT2D eigenvalue weighted by Gasteiger charge is -2.27. The normalized spacial score (nSPS) is 21.6. The molecule has 1 spiro atoms. The molecule has 3 aliphatic rings. The van der Waals surface area contributed by atoms with E-state index in [9.17, 15) is 22.0 Å². The molecule has 2 aromatic carbocycles. The quantitative estimate of drug-likeness (QED) is 0.532. The Hall–Kier alpha value is -3.04. The van der Waals surface area contributed by atoms with Gasteiger partial charge in [0.2, 0.25) is 10.0 Å². The number of fused-ring (bicyclic) bond motifs is 2. The van der Waals surface area contributed by atoms with Gasteiger partial charge in [-0.25, -0.2) is 17.2 Å². The van der Waals surface area contributed by atoms with Gasteiger partial charge >= 0.3 is 0 Å². The van der Waals surface area contributed by atoms with Crippen LogP contribution < -0.4 is 9.64 Å². The number of nitrogens with zero attached hydrogens (tertiary/aromatic N) is 2. The van der Waals surface area contributed by atoms with Gasteiger partial charge in [0.1, 0.15) is 12.4 Å². The second-order valence-corrected chi connectivity index (χ2v) is 11.0. The van der Waals surface area contributed by atoms with Gasteiger partial charge in [-0.15, -0.1) is 6.42 Å². The smallest absolute Gasteiger partial charge is 0.293 e. The molecule has 2 saturated heterocycles. The number of halogens is 2. The maximum absolute atomic E-state index is 14.0. The molecule has 1 atom stereocenters. The summed E-state index contributed by atoms with van der Waals surface area (Å²) in [5, 5.41) is 0. The summed E-state index contributed by atoms with van der Waals surface area (Å²) in [6.45, 7) is 0.684. The monoisotopic (exact) mass is 532 g/mol. The average Bonchev–Trinajstić information content (AvgIpc) is 3.33. The van der Waals surface area contributed by atoms with Crippen LogP contribution in [0.1, 0.15) is 31.2 Å². The van der Waals surface area contributed by atoms with Crippen LogP contribution in [0.3, 0.4) is 0 Å². The highest BCUT2D eigenvalue weighted by molar-refractivity contribution is 7.89. The second kappa shape index (κ2) is 10.0. The minimum atomic E-state index is -4.02. The first-order chi connectivity index (χ1) is 17.8. The van der Waals surface area contributed by atoms with Crippen molar-refractivity contribution in [3.05, 3.63) is 53.6 Å². The van der Waals surface area contributed by atoms with Crippen LogP contribution in [0.5, 0.6) is 5.75 Å². The van der Waals surface area contributed by atoms with E-state index in [2.05, 4.69) is 5.92 Å². The fraction of sp³-hybridized carbons (Fsp3) is 0.423. The zero-order chi connectivity index (χ0) is 26.2. The summed E-state index contributed by atoms with van der Waals surface area (Å²) in [5.74, 6) is -1.52. The average molecular weight is 533 g/mol. The van der Waals surface area contributed by atoms with Gasteiger partial charge in [0.15, 0.2) is 11.6 Å². The summed E-state index contributed by atoms with van der Waals surface area (Å²) in [6.07, 6.45) is 7.97. The van der Waals surface area contributed by atoms with Crippen molar-refractivity contribution in [2.75, 3.05) is 37.8 Å². The Morgan fingerprint density at radius 2 is 1.86 bits per heavy atom. The maximum Gasteiger partial charge on any atom is 0.293 e. The number of sulfonamides is 1. The number of benzene rings is 2. The zero-order valence-corrected chi connectivity index (χ0v) is 20.8. The summed E-state index contributed by atoms with van der Waals surface area (Å²) < 4.78 is 73.3. The number of ether oxygens (including phenoxy) is 3. The first kappa shape index (κ1) is 25.6. The number of carbonyl (C=O) groups is 1. The lowest BCUT2D eigenvalue weighted by atomic mass is 10.1. The molecular weight excluding hydrogens is 506 g/mol. The summed E-state index contributed by atoms with van der Waals surface area (Å²) in [5.41, 5.74) is 0.744. The summed E-state index contributed by atoms with van der Waals surface area (Å²) in [6, 6.07) is 6.79. The van der Waals surface area contributed by atoms with E-state index in [4.69, 9.17) is 20.6 Å². The predicted molar refractivity (Wildman–Crippen MR) is 129 cm³/mol. The summed E-state index contributed by atoms with van der Waals surface area (Å²) >= 11 is 0. The number of rotatable bonds is 6. The predicted octanol–water partition coefficient (Wildman–Crippen LogP) is 3.16. The van der Waals surface area contributed by atoms with Gasteiger partial charge in [-0.1, -0.05) is 5.92 Å². The fourth-order valence-electron chi connectivity index (χ4n) is 4.99. The molecule has 196 valence electrons. The first-order valence-electron chi connectivity index (χ1n) is 12.1. The molecule has 11 heteroatoms. The van der Waals surface area contributed by atoms with Crippen LogP contribution in [-0.4, -0.2) is 57.6 Å². The molecule has 8 nitrogen and oxygen atoms in total. The van der Waals surface area contributed by atoms with Crippen molar-refractivity contribution < 1.29 is 36.2 Å². The van der Waals surface area contributed by atoms with Gasteiger partial charge < -0.3 is 14.2 Å². The molecule has 1 amide bonds. The topological polar surface area (TPSA) is 85.4 Å². The Morgan fingerprint density at radius 3 is 2.57 bits per heavy atom. The largest absolute Gasteiger partial charge is 0.489 e. The molecule has 0 aromatic heterocycles. The highest BCUT2D eigenvalue weighted by Gasteiger charge is 2.54. The van der Waals surface area contributed by atoms with Crippen molar-refractivity contribution in [1.82, 2.24) is 4.31 Å². The van der Waals surface area contributed by atoms with Crippen LogP contribution in [0.2, 0.25) is 0 Å². The number of amides is 1. The molecule has 0 N–H and O–H groups in total. The molecule has 3 heterocycles. The van der Waals surface area contributed by atoms with E-state index in [0.717, 1.165) is 6.07 Å². The van der Waals surface area contributed by atoms with Crippen LogP contribution >= 0.6 is 0 Å². The number of terminal acetylenes is 1. The molecule has 37 heavy (non-hydrogen) atoms. The Bertz CT molecular complexity index is 1350. The van der Waals surface area contributed by atoms with Crippen LogP contribution in [0, 0.1) is 24.0 Å². The number of anilines is 1. The van der Waals surface area contributed by atoms with Gasteiger partial charge in [0.25, 0.3) is 11.7 Å². The Labute approximate surface area is 214 Å². The minimum absolute atomic E-state index is 0.0160. The maximum atomic E-state index is 14.0. The molecule has 2 fully saturated rings. The SMILES string of the molecule is C#CCN1C(=O)C2(OCCCCO2)c2cc(S(=O)(=O)N3CCC[C@H]3COc3ccc(F)cc3F)ccc21. The van der Waals surface area contributed by atoms with E-state index in [0.29, 0.717) is 43.0 Å². The van der Waals surface area contributed by atoms with Crippen LogP contribution in [-0.2, 0) is 30.1 Å². The molecule has 0 unspecified atom stereocenters. The van der Waals surface area contributed by atoms with Crippen molar-refractivity contribution >= 4 is 21.6 Å². The molecule has 5 rings (SSSR count). The van der Waals surface area contributed by atoms with Crippen molar-refractivity contribution in [2.24, 2.45) is 0 Å². The molecule has 3 aliphatic heterocycles. The fourth-order valence-corrected chi connectivity index (χ4v) is 6.69. The molecule has 0 aliphatic carbocycles. The van der Waals surface area contributed by atoms with E-state index in [-0.39, 0.29) is 43.6 Å². The molecule has 0 radical (unpaired) electrons. The molecule has 0 saturated carbocycles. The third kappa shape index (κ3) is 4.48. The Balaban J connectivity index is 1.45. The summed E-state index contributed by atoms with van der Waals surface area (Å²) in [7, 11) is -4.02. The van der Waals surface area contributed by atoms with Gasteiger partial charge in [-0.2, -0.15) is 4.31 Å². The van der Waals surface area contributed by atoms with Crippen LogP contribution in [0.4, 0.5) is 14.5 Å². The van der Waals surface area contributed by atoms with E-state index >= 15 is 0 Å². The van der Waals surface area contributed by atoms with Gasteiger partial charge in [0.05, 0.1) is 36.4 Å². The highest BCUT2D eigenvalue weighted by atomic mass is 32.2. The highest BCUT2D eigenvalue weighted by Crippen LogP contribution is 2.46. The van der Waals surface area contributed by atoms with Crippen molar-refractivity contribution in [3.63, 3.8) is 0 Å². The van der Waals surface area contributed by atoms with Crippen molar-refractivity contribution in [2.45, 2.75) is 42.4 Å². The van der Waals surface area contributed by atoms with Gasteiger partial charge in [-0.05, 0) is 56.0 Å². The van der Waals surface area contributed by atoms with E-state index in [1.54, 1.807) is 6.07 Å². The van der Waals surface area contributed by atoms with E-state index in [1.807, 2.05) is 0 Å². The van der Waals surface area contributed by atoms with Crippen LogP contribution in [0.15, 0.2) is 41.3 Å². The number of carbonyl (C=O) groups excluding carboxylic acids is 1. The molecule has 2 aromatic rings. The van der Waals surface area contributed by atoms with Crippen LogP contribution in [0.25, 0.3) is 0 Å². The first-order valence-corrected chi connectivity index (χ1v) is 13.5. The molecule has 0 bridgehead atoms. The second-order valence-electron chi connectivity index (χ2n) is 9.09. The summed E-state index contributed by atoms with van der Waals surface area (Å²) in [4.78, 5) is 14.7. The Kier molecular flexibility index (Phi) is 6.93.